The van der Waals surface area contributed by atoms with Crippen LogP contribution in [-0.2, 0) is 11.8 Å². The zero-order valence-corrected chi connectivity index (χ0v) is 17.4. The molecular formula is C22H27ClN2O4. The third kappa shape index (κ3) is 3.59. The lowest BCUT2D eigenvalue weighted by Gasteiger charge is -2.54. The van der Waals surface area contributed by atoms with E-state index in [1.807, 2.05) is 12.1 Å². The molecule has 29 heavy (non-hydrogen) atoms. The number of fused-ring (bicyclic) bond motifs is 4. The van der Waals surface area contributed by atoms with Gasteiger partial charge in [0.05, 0.1) is 13.2 Å². The molecule has 1 unspecified atom stereocenters. The number of nitrogens with zero attached hydrogens (tertiary/aromatic N) is 2. The second-order valence-corrected chi connectivity index (χ2v) is 8.84. The molecule has 2 bridgehead atoms. The number of aromatic hydroxyl groups is 1. The molecule has 0 saturated carbocycles. The number of pyridine rings is 1. The van der Waals surface area contributed by atoms with Crippen molar-refractivity contribution in [3.05, 3.63) is 52.2 Å². The van der Waals surface area contributed by atoms with Gasteiger partial charge in [0, 0.05) is 29.1 Å². The summed E-state index contributed by atoms with van der Waals surface area (Å²) in [5.74, 6) is 0.840. The Hall–Kier alpha value is -1.86. The van der Waals surface area contributed by atoms with E-state index < -0.39 is 6.10 Å². The summed E-state index contributed by atoms with van der Waals surface area (Å²) in [6.07, 6.45) is 2.36. The normalized spacial score (nSPS) is 27.3. The maximum absolute atomic E-state index is 10.1. The fourth-order valence-electron chi connectivity index (χ4n) is 4.92. The van der Waals surface area contributed by atoms with Crippen molar-refractivity contribution in [3.8, 4) is 11.6 Å². The number of hydrogen-bond acceptors (Lipinski definition) is 6. The lowest BCUT2D eigenvalue weighted by molar-refractivity contribution is 0.0109. The highest BCUT2D eigenvalue weighted by atomic mass is 35.5. The van der Waals surface area contributed by atoms with Crippen LogP contribution in [0.4, 0.5) is 0 Å². The van der Waals surface area contributed by atoms with E-state index >= 15 is 0 Å². The third-order valence-corrected chi connectivity index (χ3v) is 7.03. The summed E-state index contributed by atoms with van der Waals surface area (Å²) in [5, 5.41) is 29.2. The van der Waals surface area contributed by atoms with Crippen LogP contribution in [0, 0.1) is 5.92 Å². The highest BCUT2D eigenvalue weighted by Gasteiger charge is 2.50. The number of likely N-dealkylation sites (N-methyl/N-ethyl adjacent to an activating group) is 1. The maximum atomic E-state index is 10.1. The van der Waals surface area contributed by atoms with E-state index in [0.29, 0.717) is 34.9 Å². The number of aromatic nitrogens is 1. The zero-order chi connectivity index (χ0) is 20.8. The van der Waals surface area contributed by atoms with Crippen LogP contribution in [0.5, 0.6) is 11.6 Å². The number of aliphatic hydroxyl groups is 2. The molecule has 7 heteroatoms. The van der Waals surface area contributed by atoms with Crippen LogP contribution in [-0.4, -0.2) is 58.1 Å². The molecule has 0 spiro atoms. The molecule has 1 fully saturated rings. The molecule has 156 valence electrons. The summed E-state index contributed by atoms with van der Waals surface area (Å²) in [6, 6.07) is 7.62. The predicted molar refractivity (Wildman–Crippen MR) is 110 cm³/mol. The number of benzene rings is 1. The van der Waals surface area contributed by atoms with Gasteiger partial charge in [0.1, 0.15) is 16.9 Å². The smallest absolute Gasteiger partial charge is 0.232 e. The number of rotatable bonds is 5. The first kappa shape index (κ1) is 20.4. The molecule has 1 aromatic carbocycles. The number of ether oxygens (including phenoxy) is 1. The van der Waals surface area contributed by atoms with Crippen LogP contribution < -0.4 is 4.74 Å². The Morgan fingerprint density at radius 3 is 2.90 bits per heavy atom. The second kappa shape index (κ2) is 7.76. The molecule has 1 aromatic heterocycles. The van der Waals surface area contributed by atoms with Gasteiger partial charge in [-0.15, -0.1) is 0 Å². The number of phenolic OH excluding ortho intramolecular Hbond substituents is 1. The van der Waals surface area contributed by atoms with E-state index in [1.54, 1.807) is 12.1 Å². The van der Waals surface area contributed by atoms with Gasteiger partial charge in [-0.1, -0.05) is 24.6 Å². The largest absolute Gasteiger partial charge is 0.508 e. The number of piperidine rings is 1. The van der Waals surface area contributed by atoms with Crippen LogP contribution in [0.1, 0.15) is 36.1 Å². The lowest BCUT2D eigenvalue weighted by Crippen LogP contribution is -2.59. The number of likely N-dealkylation sites (tertiary alicyclic amines) is 1. The van der Waals surface area contributed by atoms with E-state index in [0.717, 1.165) is 19.4 Å². The van der Waals surface area contributed by atoms with Crippen molar-refractivity contribution in [2.45, 2.75) is 37.3 Å². The minimum absolute atomic E-state index is 0.108. The molecule has 3 N–H and O–H groups in total. The number of phenols is 1. The number of aliphatic hydroxyl groups excluding tert-OH is 2. The van der Waals surface area contributed by atoms with Gasteiger partial charge in [0.25, 0.3) is 0 Å². The van der Waals surface area contributed by atoms with Gasteiger partial charge < -0.3 is 25.0 Å². The monoisotopic (exact) mass is 418 g/mol. The molecule has 1 aliphatic heterocycles. The number of halogens is 1. The van der Waals surface area contributed by atoms with Gasteiger partial charge in [0.15, 0.2) is 0 Å². The van der Waals surface area contributed by atoms with Crippen LogP contribution in [0.25, 0.3) is 0 Å². The Morgan fingerprint density at radius 1 is 1.38 bits per heavy atom. The Labute approximate surface area is 175 Å². The average Bonchev–Trinajstić information content (AvgIpc) is 2.71. The fourth-order valence-corrected chi connectivity index (χ4v) is 5.15. The van der Waals surface area contributed by atoms with E-state index in [-0.39, 0.29) is 17.9 Å². The fraction of sp³-hybridized carbons (Fsp3) is 0.500. The Morgan fingerprint density at radius 2 is 2.17 bits per heavy atom. The van der Waals surface area contributed by atoms with E-state index in [1.165, 1.54) is 17.3 Å². The molecule has 0 radical (unpaired) electrons. The van der Waals surface area contributed by atoms with Crippen molar-refractivity contribution >= 4 is 11.6 Å². The summed E-state index contributed by atoms with van der Waals surface area (Å²) >= 11 is 6.31. The van der Waals surface area contributed by atoms with Gasteiger partial charge in [-0.2, -0.15) is 0 Å². The summed E-state index contributed by atoms with van der Waals surface area (Å²) in [7, 11) is 2.15. The molecule has 2 heterocycles. The Bertz CT molecular complexity index is 908. The number of hydrogen-bond donors (Lipinski definition) is 3. The Kier molecular flexibility index (Phi) is 5.46. The van der Waals surface area contributed by atoms with E-state index in [2.05, 4.69) is 23.9 Å². The highest BCUT2D eigenvalue weighted by Crippen LogP contribution is 2.49. The summed E-state index contributed by atoms with van der Waals surface area (Å²) in [4.78, 5) is 6.64. The van der Waals surface area contributed by atoms with Crippen molar-refractivity contribution in [1.29, 1.82) is 0 Å². The van der Waals surface area contributed by atoms with Gasteiger partial charge in [-0.3, -0.25) is 0 Å². The molecule has 2 aromatic rings. The molecule has 0 amide bonds. The summed E-state index contributed by atoms with van der Waals surface area (Å²) in [5.41, 5.74) is 2.84. The molecular weight excluding hydrogens is 392 g/mol. The molecule has 1 aliphatic carbocycles. The van der Waals surface area contributed by atoms with Gasteiger partial charge in [-0.05, 0) is 55.8 Å². The lowest BCUT2D eigenvalue weighted by atomic mass is 9.58. The van der Waals surface area contributed by atoms with Gasteiger partial charge in [0.2, 0.25) is 5.88 Å². The topological polar surface area (TPSA) is 86.1 Å². The first-order chi connectivity index (χ1) is 13.8. The SMILES string of the molecule is CN1CC[C@]2(C)c3cc(O)ccc3CC1[C@@H]2COc1ncc([C@H](O)CO)cc1Cl. The predicted octanol–water partition coefficient (Wildman–Crippen LogP) is 2.68. The summed E-state index contributed by atoms with van der Waals surface area (Å²) in [6.45, 7) is 3.32. The first-order valence-corrected chi connectivity index (χ1v) is 10.3. The first-order valence-electron chi connectivity index (χ1n) is 9.93. The van der Waals surface area contributed by atoms with Crippen LogP contribution in [0.15, 0.2) is 30.5 Å². The quantitative estimate of drug-likeness (QED) is 0.692. The third-order valence-electron chi connectivity index (χ3n) is 6.76. The highest BCUT2D eigenvalue weighted by molar-refractivity contribution is 6.31. The van der Waals surface area contributed by atoms with Crippen LogP contribution >= 0.6 is 11.6 Å². The van der Waals surface area contributed by atoms with E-state index in [4.69, 9.17) is 21.4 Å². The standard InChI is InChI=1S/C22H27ClN2O4/c1-22-5-6-25(2)19(8-13-3-4-15(27)9-16(13)22)17(22)12-29-21-18(23)7-14(10-24-21)20(28)11-26/h3-4,7,9-10,17,19-20,26-28H,5-6,8,11-12H2,1-2H3/t17-,19?,20+,22+/m0/s1. The zero-order valence-electron chi connectivity index (χ0n) is 16.7. The van der Waals surface area contributed by atoms with Crippen molar-refractivity contribution in [2.75, 3.05) is 26.8 Å². The molecule has 2 aliphatic rings. The molecule has 4 rings (SSSR count). The summed E-state index contributed by atoms with van der Waals surface area (Å²) < 4.78 is 6.06. The van der Waals surface area contributed by atoms with E-state index in [9.17, 15) is 10.2 Å². The van der Waals surface area contributed by atoms with Crippen LogP contribution in [0.3, 0.4) is 0 Å². The molecule has 1 saturated heterocycles. The second-order valence-electron chi connectivity index (χ2n) is 8.43. The maximum Gasteiger partial charge on any atom is 0.232 e. The van der Waals surface area contributed by atoms with Gasteiger partial charge in [-0.25, -0.2) is 4.98 Å². The Balaban J connectivity index is 1.60. The minimum atomic E-state index is -1.01. The van der Waals surface area contributed by atoms with Crippen molar-refractivity contribution in [3.63, 3.8) is 0 Å². The molecule has 6 nitrogen and oxygen atoms in total. The van der Waals surface area contributed by atoms with Crippen LogP contribution in [0.2, 0.25) is 5.02 Å². The van der Waals surface area contributed by atoms with Crippen molar-refractivity contribution < 1.29 is 20.1 Å². The molecule has 4 atom stereocenters. The van der Waals surface area contributed by atoms with Crippen molar-refractivity contribution in [2.24, 2.45) is 5.92 Å². The van der Waals surface area contributed by atoms with Crippen molar-refractivity contribution in [1.82, 2.24) is 9.88 Å². The minimum Gasteiger partial charge on any atom is -0.508 e. The average molecular weight is 419 g/mol. The van der Waals surface area contributed by atoms with Gasteiger partial charge >= 0.3 is 0 Å².